The van der Waals surface area contributed by atoms with Crippen LogP contribution in [0.25, 0.3) is 11.4 Å². The largest absolute Gasteiger partial charge is 0.325 e. The molecule has 1 aromatic heterocycles. The molecule has 5 nitrogen and oxygen atoms in total. The number of benzene rings is 2. The Kier molecular flexibility index (Phi) is 6.91. The summed E-state index contributed by atoms with van der Waals surface area (Å²) in [6.45, 7) is 6.88. The van der Waals surface area contributed by atoms with Gasteiger partial charge in [0.05, 0.1) is 5.75 Å². The monoisotopic (exact) mass is 458 g/mol. The van der Waals surface area contributed by atoms with Gasteiger partial charge >= 0.3 is 0 Å². The maximum Gasteiger partial charge on any atom is 0.234 e. The summed E-state index contributed by atoms with van der Waals surface area (Å²) in [5.41, 5.74) is 4.12. The van der Waals surface area contributed by atoms with Crippen LogP contribution in [0.2, 0.25) is 0 Å². The highest BCUT2D eigenvalue weighted by Gasteiger charge is 2.17. The van der Waals surface area contributed by atoms with Gasteiger partial charge in [0.1, 0.15) is 0 Å². The van der Waals surface area contributed by atoms with Crippen molar-refractivity contribution in [3.8, 4) is 11.4 Å². The van der Waals surface area contributed by atoms with Crippen LogP contribution in [0, 0.1) is 6.92 Å². The Morgan fingerprint density at radius 3 is 2.64 bits per heavy atom. The first-order valence-electron chi connectivity index (χ1n) is 9.24. The maximum absolute atomic E-state index is 12.5. The summed E-state index contributed by atoms with van der Waals surface area (Å²) >= 11 is 4.97. The number of anilines is 1. The molecule has 0 unspecified atom stereocenters. The molecule has 1 N–H and O–H groups in total. The van der Waals surface area contributed by atoms with Gasteiger partial charge in [-0.3, -0.25) is 4.79 Å². The SMILES string of the molecule is CCc1cccc(C)c1NC(=O)CSc1nnc(-c2ccccc2Br)n1CC. The van der Waals surface area contributed by atoms with Gasteiger partial charge in [-0.05, 0) is 37.5 Å². The zero-order valence-corrected chi connectivity index (χ0v) is 18.6. The van der Waals surface area contributed by atoms with E-state index in [1.165, 1.54) is 11.8 Å². The Bertz CT molecular complexity index is 986. The third-order valence-electron chi connectivity index (χ3n) is 4.48. The minimum Gasteiger partial charge on any atom is -0.325 e. The van der Waals surface area contributed by atoms with Crippen LogP contribution in [0.1, 0.15) is 25.0 Å². The lowest BCUT2D eigenvalue weighted by Crippen LogP contribution is -2.16. The number of thioether (sulfide) groups is 1. The predicted octanol–water partition coefficient (Wildman–Crippen LogP) is 5.33. The van der Waals surface area contributed by atoms with E-state index in [1.807, 2.05) is 54.0 Å². The summed E-state index contributed by atoms with van der Waals surface area (Å²) in [6, 6.07) is 14.0. The molecular formula is C21H23BrN4OS. The van der Waals surface area contributed by atoms with Crippen molar-refractivity contribution in [2.75, 3.05) is 11.1 Å². The average molecular weight is 459 g/mol. The minimum atomic E-state index is -0.0397. The second kappa shape index (κ2) is 9.39. The van der Waals surface area contributed by atoms with Gasteiger partial charge in [0.2, 0.25) is 5.91 Å². The molecule has 0 saturated carbocycles. The van der Waals surface area contributed by atoms with Crippen LogP contribution in [0.4, 0.5) is 5.69 Å². The number of carbonyl (C=O) groups is 1. The van der Waals surface area contributed by atoms with Crippen molar-refractivity contribution in [3.05, 3.63) is 58.1 Å². The van der Waals surface area contributed by atoms with Crippen LogP contribution in [0.5, 0.6) is 0 Å². The van der Waals surface area contributed by atoms with E-state index in [4.69, 9.17) is 0 Å². The quantitative estimate of drug-likeness (QED) is 0.486. The van der Waals surface area contributed by atoms with E-state index in [-0.39, 0.29) is 11.7 Å². The fraction of sp³-hybridized carbons (Fsp3) is 0.286. The van der Waals surface area contributed by atoms with Crippen molar-refractivity contribution in [3.63, 3.8) is 0 Å². The second-order valence-corrected chi connectivity index (χ2v) is 8.13. The summed E-state index contributed by atoms with van der Waals surface area (Å²) in [5, 5.41) is 12.5. The van der Waals surface area contributed by atoms with Gasteiger partial charge in [-0.15, -0.1) is 10.2 Å². The fourth-order valence-corrected chi connectivity index (χ4v) is 4.29. The molecule has 146 valence electrons. The molecular weight excluding hydrogens is 436 g/mol. The molecule has 3 rings (SSSR count). The Labute approximate surface area is 178 Å². The van der Waals surface area contributed by atoms with E-state index in [1.54, 1.807) is 0 Å². The number of aromatic nitrogens is 3. The summed E-state index contributed by atoms with van der Waals surface area (Å²) in [7, 11) is 0. The molecule has 0 radical (unpaired) electrons. The van der Waals surface area contributed by atoms with Crippen molar-refractivity contribution in [2.45, 2.75) is 38.9 Å². The highest BCUT2D eigenvalue weighted by molar-refractivity contribution is 9.10. The topological polar surface area (TPSA) is 59.8 Å². The molecule has 0 fully saturated rings. The Balaban J connectivity index is 1.74. The van der Waals surface area contributed by atoms with Crippen LogP contribution in [0.3, 0.4) is 0 Å². The maximum atomic E-state index is 12.5. The molecule has 3 aromatic rings. The lowest BCUT2D eigenvalue weighted by Gasteiger charge is -2.13. The first-order valence-corrected chi connectivity index (χ1v) is 11.0. The number of carbonyl (C=O) groups excluding carboxylic acids is 1. The molecule has 1 amide bonds. The summed E-state index contributed by atoms with van der Waals surface area (Å²) in [6.07, 6.45) is 0.879. The molecule has 0 bridgehead atoms. The lowest BCUT2D eigenvalue weighted by molar-refractivity contribution is -0.113. The van der Waals surface area contributed by atoms with Gasteiger partial charge in [0.25, 0.3) is 0 Å². The van der Waals surface area contributed by atoms with Gasteiger partial charge in [0, 0.05) is 22.3 Å². The molecule has 0 spiro atoms. The molecule has 0 atom stereocenters. The third kappa shape index (κ3) is 4.47. The average Bonchev–Trinajstić information content (AvgIpc) is 3.11. The van der Waals surface area contributed by atoms with E-state index in [9.17, 15) is 4.79 Å². The minimum absolute atomic E-state index is 0.0397. The van der Waals surface area contributed by atoms with E-state index in [0.29, 0.717) is 0 Å². The number of para-hydroxylation sites is 1. The number of hydrogen-bond donors (Lipinski definition) is 1. The van der Waals surface area contributed by atoms with Gasteiger partial charge in [-0.2, -0.15) is 0 Å². The van der Waals surface area contributed by atoms with E-state index >= 15 is 0 Å². The van der Waals surface area contributed by atoms with E-state index in [2.05, 4.69) is 45.3 Å². The molecule has 0 aliphatic carbocycles. The molecule has 7 heteroatoms. The molecule has 0 saturated heterocycles. The second-order valence-electron chi connectivity index (χ2n) is 6.33. The Morgan fingerprint density at radius 2 is 1.93 bits per heavy atom. The fourth-order valence-electron chi connectivity index (χ4n) is 3.03. The van der Waals surface area contributed by atoms with Gasteiger partial charge in [0.15, 0.2) is 11.0 Å². The molecule has 2 aromatic carbocycles. The van der Waals surface area contributed by atoms with Gasteiger partial charge in [-0.25, -0.2) is 0 Å². The van der Waals surface area contributed by atoms with Crippen LogP contribution >= 0.6 is 27.7 Å². The van der Waals surface area contributed by atoms with Crippen molar-refractivity contribution in [2.24, 2.45) is 0 Å². The number of hydrogen-bond acceptors (Lipinski definition) is 4. The number of nitrogens with zero attached hydrogens (tertiary/aromatic N) is 3. The first kappa shape index (κ1) is 20.6. The molecule has 28 heavy (non-hydrogen) atoms. The number of nitrogens with one attached hydrogen (secondary N) is 1. The zero-order chi connectivity index (χ0) is 20.1. The molecule has 1 heterocycles. The van der Waals surface area contributed by atoms with Crippen molar-refractivity contribution >= 4 is 39.3 Å². The van der Waals surface area contributed by atoms with Gasteiger partial charge < -0.3 is 9.88 Å². The van der Waals surface area contributed by atoms with Crippen LogP contribution in [-0.2, 0) is 17.8 Å². The standard InChI is InChI=1S/C21H23BrN4OS/c1-4-15-10-8-9-14(3)19(15)23-18(27)13-28-21-25-24-20(26(21)5-2)16-11-6-7-12-17(16)22/h6-12H,4-5,13H2,1-3H3,(H,23,27). The van der Waals surface area contributed by atoms with Crippen molar-refractivity contribution < 1.29 is 4.79 Å². The predicted molar refractivity (Wildman–Crippen MR) is 119 cm³/mol. The molecule has 0 aliphatic rings. The zero-order valence-electron chi connectivity index (χ0n) is 16.2. The van der Waals surface area contributed by atoms with Crippen molar-refractivity contribution in [1.82, 2.24) is 14.8 Å². The van der Waals surface area contributed by atoms with Crippen LogP contribution in [-0.4, -0.2) is 26.4 Å². The number of rotatable bonds is 7. The van der Waals surface area contributed by atoms with Crippen LogP contribution < -0.4 is 5.32 Å². The number of amides is 1. The first-order chi connectivity index (χ1) is 13.5. The lowest BCUT2D eigenvalue weighted by atomic mass is 10.1. The Morgan fingerprint density at radius 1 is 1.14 bits per heavy atom. The molecule has 0 aliphatic heterocycles. The number of halogens is 1. The summed E-state index contributed by atoms with van der Waals surface area (Å²) < 4.78 is 3.00. The van der Waals surface area contributed by atoms with E-state index < -0.39 is 0 Å². The van der Waals surface area contributed by atoms with Crippen LogP contribution in [0.15, 0.2) is 52.1 Å². The summed E-state index contributed by atoms with van der Waals surface area (Å²) in [4.78, 5) is 12.5. The third-order valence-corrected chi connectivity index (χ3v) is 6.14. The highest BCUT2D eigenvalue weighted by atomic mass is 79.9. The summed E-state index contributed by atoms with van der Waals surface area (Å²) in [5.74, 6) is 1.04. The smallest absolute Gasteiger partial charge is 0.234 e. The van der Waals surface area contributed by atoms with E-state index in [0.717, 1.165) is 50.8 Å². The number of aryl methyl sites for hydroxylation is 2. The van der Waals surface area contributed by atoms with Gasteiger partial charge in [-0.1, -0.05) is 71.0 Å². The highest BCUT2D eigenvalue weighted by Crippen LogP contribution is 2.29. The Hall–Kier alpha value is -2.12. The van der Waals surface area contributed by atoms with Crippen molar-refractivity contribution in [1.29, 1.82) is 0 Å². The normalized spacial score (nSPS) is 10.9.